The van der Waals surface area contributed by atoms with Crippen LogP contribution in [0.15, 0.2) is 72.9 Å². The molecule has 0 N–H and O–H groups in total. The van der Waals surface area contributed by atoms with Gasteiger partial charge in [-0.15, -0.1) is 0 Å². The van der Waals surface area contributed by atoms with Crippen LogP contribution in [0.2, 0.25) is 0 Å². The second-order valence-electron chi connectivity index (χ2n) is 21.3. The van der Waals surface area contributed by atoms with Crippen molar-refractivity contribution in [2.75, 3.05) is 13.2 Å². The van der Waals surface area contributed by atoms with Crippen molar-refractivity contribution in [2.24, 2.45) is 0 Å². The number of rotatable bonds is 58. The quantitative estimate of drug-likeness (QED) is 0.0261. The molecule has 0 heterocycles. The number of ether oxygens (including phenoxy) is 3. The van der Waals surface area contributed by atoms with Gasteiger partial charge in [-0.2, -0.15) is 0 Å². The zero-order chi connectivity index (χ0) is 53.6. The molecule has 0 fully saturated rings. The lowest BCUT2D eigenvalue weighted by atomic mass is 10.0. The van der Waals surface area contributed by atoms with E-state index in [4.69, 9.17) is 14.2 Å². The third-order valence-electron chi connectivity index (χ3n) is 13.9. The van der Waals surface area contributed by atoms with Gasteiger partial charge in [0, 0.05) is 19.3 Å². The standard InChI is InChI=1S/C68H120O6/c1-4-7-10-13-16-19-22-24-26-28-29-30-31-32-33-34-35-36-37-38-39-41-42-44-46-49-52-55-58-61-67(70)73-64-65(63-72-66(69)60-57-54-51-48-21-18-15-12-9-6-3)74-68(71)62-59-56-53-50-47-45-43-40-27-25-23-20-17-14-11-8-5-2/h7,10,16-17,19-20,24-27,29-30,65H,4-6,8-9,11-15,18,21-23,28,31-64H2,1-3H3/b10-7-,19-16-,20-17-,26-24-,27-25-,30-29-. The minimum absolute atomic E-state index is 0.0742. The Bertz CT molecular complexity index is 1370. The lowest BCUT2D eigenvalue weighted by Crippen LogP contribution is -2.30. The highest BCUT2D eigenvalue weighted by atomic mass is 16.6. The number of esters is 3. The van der Waals surface area contributed by atoms with Gasteiger partial charge in [0.2, 0.25) is 0 Å². The third kappa shape index (κ3) is 59.7. The number of hydrogen-bond acceptors (Lipinski definition) is 6. The maximum Gasteiger partial charge on any atom is 0.306 e. The van der Waals surface area contributed by atoms with E-state index in [1.807, 2.05) is 0 Å². The van der Waals surface area contributed by atoms with E-state index < -0.39 is 6.10 Å². The molecule has 0 rings (SSSR count). The largest absolute Gasteiger partial charge is 0.462 e. The molecule has 0 aliphatic rings. The Morgan fingerprint density at radius 3 is 0.851 bits per heavy atom. The van der Waals surface area contributed by atoms with E-state index in [9.17, 15) is 14.4 Å². The van der Waals surface area contributed by atoms with Crippen LogP contribution in [0.4, 0.5) is 0 Å². The van der Waals surface area contributed by atoms with Crippen LogP contribution >= 0.6 is 0 Å². The van der Waals surface area contributed by atoms with Gasteiger partial charge in [0.1, 0.15) is 13.2 Å². The molecule has 6 nitrogen and oxygen atoms in total. The van der Waals surface area contributed by atoms with E-state index in [1.165, 1.54) is 186 Å². The normalized spacial score (nSPS) is 12.5. The molecular formula is C68H120O6. The highest BCUT2D eigenvalue weighted by molar-refractivity contribution is 5.71. The Hall–Kier alpha value is -3.15. The van der Waals surface area contributed by atoms with E-state index in [0.29, 0.717) is 19.3 Å². The van der Waals surface area contributed by atoms with E-state index >= 15 is 0 Å². The van der Waals surface area contributed by atoms with Crippen molar-refractivity contribution in [1.82, 2.24) is 0 Å². The summed E-state index contributed by atoms with van der Waals surface area (Å²) in [6.07, 6.45) is 80.6. The first-order chi connectivity index (χ1) is 36.5. The third-order valence-corrected chi connectivity index (χ3v) is 13.9. The minimum Gasteiger partial charge on any atom is -0.462 e. The van der Waals surface area contributed by atoms with Crippen LogP contribution in [0.25, 0.3) is 0 Å². The second kappa shape index (κ2) is 62.4. The van der Waals surface area contributed by atoms with Crippen molar-refractivity contribution in [2.45, 2.75) is 329 Å². The van der Waals surface area contributed by atoms with Gasteiger partial charge >= 0.3 is 17.9 Å². The van der Waals surface area contributed by atoms with E-state index in [0.717, 1.165) is 96.3 Å². The molecule has 1 atom stereocenters. The number of hydrogen-bond donors (Lipinski definition) is 0. The molecule has 0 spiro atoms. The molecule has 0 radical (unpaired) electrons. The zero-order valence-corrected chi connectivity index (χ0v) is 49.1. The Morgan fingerprint density at radius 2 is 0.527 bits per heavy atom. The van der Waals surface area contributed by atoms with Crippen LogP contribution in [-0.2, 0) is 28.6 Å². The monoisotopic (exact) mass is 1030 g/mol. The summed E-state index contributed by atoms with van der Waals surface area (Å²) >= 11 is 0. The van der Waals surface area contributed by atoms with Gasteiger partial charge in [0.05, 0.1) is 0 Å². The fraction of sp³-hybridized carbons (Fsp3) is 0.779. The average Bonchev–Trinajstić information content (AvgIpc) is 3.40. The first kappa shape index (κ1) is 70.8. The second-order valence-corrected chi connectivity index (χ2v) is 21.3. The predicted octanol–water partition coefficient (Wildman–Crippen LogP) is 21.7. The highest BCUT2D eigenvalue weighted by Crippen LogP contribution is 2.17. The Balaban J connectivity index is 4.16. The van der Waals surface area contributed by atoms with Crippen LogP contribution in [0.5, 0.6) is 0 Å². The summed E-state index contributed by atoms with van der Waals surface area (Å²) in [6.45, 7) is 6.52. The molecule has 6 heteroatoms. The molecule has 0 saturated carbocycles. The van der Waals surface area contributed by atoms with Crippen LogP contribution in [-0.4, -0.2) is 37.2 Å². The molecule has 1 unspecified atom stereocenters. The van der Waals surface area contributed by atoms with Crippen molar-refractivity contribution in [1.29, 1.82) is 0 Å². The van der Waals surface area contributed by atoms with Crippen LogP contribution in [0, 0.1) is 0 Å². The van der Waals surface area contributed by atoms with Gasteiger partial charge in [-0.1, -0.05) is 286 Å². The fourth-order valence-corrected chi connectivity index (χ4v) is 9.17. The fourth-order valence-electron chi connectivity index (χ4n) is 9.17. The summed E-state index contributed by atoms with van der Waals surface area (Å²) in [5.74, 6) is -0.869. The SMILES string of the molecule is CC/C=C\C/C=C\C/C=C\C/C=C\CCCCCCCCCCCCCCCCCCC(=O)OCC(COC(=O)CCCCCCCCCCCC)OC(=O)CCCCCCCCC/C=C\C/C=C\CCCCC. The smallest absolute Gasteiger partial charge is 0.306 e. The topological polar surface area (TPSA) is 78.9 Å². The van der Waals surface area contributed by atoms with Gasteiger partial charge in [0.25, 0.3) is 0 Å². The maximum absolute atomic E-state index is 12.9. The molecule has 0 bridgehead atoms. The summed E-state index contributed by atoms with van der Waals surface area (Å²) in [5.41, 5.74) is 0. The number of unbranched alkanes of at least 4 members (excludes halogenated alkanes) is 35. The average molecular weight is 1030 g/mol. The van der Waals surface area contributed by atoms with Crippen molar-refractivity contribution < 1.29 is 28.6 Å². The van der Waals surface area contributed by atoms with Gasteiger partial charge in [-0.3, -0.25) is 14.4 Å². The molecular weight excluding hydrogens is 913 g/mol. The van der Waals surface area contributed by atoms with Crippen LogP contribution < -0.4 is 0 Å². The molecule has 0 aliphatic heterocycles. The first-order valence-corrected chi connectivity index (χ1v) is 31.9. The maximum atomic E-state index is 12.9. The predicted molar refractivity (Wildman–Crippen MR) is 321 cm³/mol. The Morgan fingerprint density at radius 1 is 0.284 bits per heavy atom. The highest BCUT2D eigenvalue weighted by Gasteiger charge is 2.19. The minimum atomic E-state index is -0.776. The number of allylic oxidation sites excluding steroid dienone is 12. The van der Waals surface area contributed by atoms with Gasteiger partial charge in [-0.25, -0.2) is 0 Å². The van der Waals surface area contributed by atoms with E-state index in [-0.39, 0.29) is 31.1 Å². The molecule has 0 aromatic carbocycles. The molecule has 0 aromatic heterocycles. The van der Waals surface area contributed by atoms with Crippen molar-refractivity contribution in [3.63, 3.8) is 0 Å². The van der Waals surface area contributed by atoms with E-state index in [1.54, 1.807) is 0 Å². The summed E-state index contributed by atoms with van der Waals surface area (Å²) in [4.78, 5) is 38.2. The van der Waals surface area contributed by atoms with Gasteiger partial charge in [0.15, 0.2) is 6.10 Å². The summed E-state index contributed by atoms with van der Waals surface area (Å²) in [7, 11) is 0. The Kier molecular flexibility index (Phi) is 59.7. The van der Waals surface area contributed by atoms with Crippen molar-refractivity contribution >= 4 is 17.9 Å². The Labute approximate surface area is 459 Å². The summed E-state index contributed by atoms with van der Waals surface area (Å²) in [5, 5.41) is 0. The first-order valence-electron chi connectivity index (χ1n) is 31.9. The summed E-state index contributed by atoms with van der Waals surface area (Å²) in [6, 6.07) is 0. The molecule has 0 aromatic rings. The molecule has 0 aliphatic carbocycles. The van der Waals surface area contributed by atoms with Crippen molar-refractivity contribution in [3.8, 4) is 0 Å². The molecule has 74 heavy (non-hydrogen) atoms. The number of carbonyl (C=O) groups excluding carboxylic acids is 3. The van der Waals surface area contributed by atoms with Crippen LogP contribution in [0.1, 0.15) is 323 Å². The van der Waals surface area contributed by atoms with Crippen LogP contribution in [0.3, 0.4) is 0 Å². The summed E-state index contributed by atoms with van der Waals surface area (Å²) < 4.78 is 16.9. The zero-order valence-electron chi connectivity index (χ0n) is 49.1. The lowest BCUT2D eigenvalue weighted by molar-refractivity contribution is -0.167. The lowest BCUT2D eigenvalue weighted by Gasteiger charge is -2.18. The van der Waals surface area contributed by atoms with Gasteiger partial charge in [-0.05, 0) is 89.9 Å². The van der Waals surface area contributed by atoms with Crippen molar-refractivity contribution in [3.05, 3.63) is 72.9 Å². The molecule has 0 saturated heterocycles. The van der Waals surface area contributed by atoms with Gasteiger partial charge < -0.3 is 14.2 Å². The molecule has 428 valence electrons. The molecule has 0 amide bonds. The number of carbonyl (C=O) groups is 3. The van der Waals surface area contributed by atoms with E-state index in [2.05, 4.69) is 93.7 Å².